The number of sulfonamides is 1. The maximum Gasteiger partial charge on any atom is 0.238 e. The topological polar surface area (TPSA) is 101 Å². The number of allylic oxidation sites excluding steroid dienone is 1. The van der Waals surface area contributed by atoms with E-state index in [0.29, 0.717) is 22.6 Å². The van der Waals surface area contributed by atoms with Gasteiger partial charge in [0, 0.05) is 40.7 Å². The van der Waals surface area contributed by atoms with Crippen molar-refractivity contribution >= 4 is 32.8 Å². The number of benzene rings is 3. The van der Waals surface area contributed by atoms with Gasteiger partial charge >= 0.3 is 0 Å². The minimum Gasteiger partial charge on any atom is -0.496 e. The monoisotopic (exact) mass is 476 g/mol. The van der Waals surface area contributed by atoms with Crippen LogP contribution in [0.3, 0.4) is 0 Å². The van der Waals surface area contributed by atoms with E-state index in [4.69, 9.17) is 14.6 Å². The third-order valence-corrected chi connectivity index (χ3v) is 6.59. The number of nitrogens with zero attached hydrogens (tertiary/aromatic N) is 1. The highest BCUT2D eigenvalue weighted by Gasteiger charge is 2.16. The normalized spacial score (nSPS) is 11.8. The zero-order valence-corrected chi connectivity index (χ0v) is 19.8. The van der Waals surface area contributed by atoms with Gasteiger partial charge in [-0.2, -0.15) is 0 Å². The fourth-order valence-corrected chi connectivity index (χ4v) is 4.39. The van der Waals surface area contributed by atoms with E-state index in [1.54, 1.807) is 26.4 Å². The fourth-order valence-electron chi connectivity index (χ4n) is 3.87. The van der Waals surface area contributed by atoms with Crippen LogP contribution in [0, 0.1) is 0 Å². The van der Waals surface area contributed by atoms with Gasteiger partial charge in [0.1, 0.15) is 11.5 Å². The smallest absolute Gasteiger partial charge is 0.238 e. The standard InChI is InChI=1S/C26H24N2O5S/c1-28-22-7-5-4-6-18(22)15-23(28)21-14-19(25(32-2)16-26(21)33-3)10-13-24(29)17-8-11-20(12-9-17)34(27,30)31/h4-16H,1-3H3,(H2,27,30,31). The van der Waals surface area contributed by atoms with Crippen molar-refractivity contribution in [2.24, 2.45) is 12.2 Å². The Morgan fingerprint density at radius 1 is 0.941 bits per heavy atom. The van der Waals surface area contributed by atoms with Crippen LogP contribution in [0.15, 0.2) is 77.7 Å². The summed E-state index contributed by atoms with van der Waals surface area (Å²) in [6.07, 6.45) is 3.09. The first-order valence-corrected chi connectivity index (χ1v) is 11.9. The highest BCUT2D eigenvalue weighted by Crippen LogP contribution is 2.38. The van der Waals surface area contributed by atoms with E-state index in [2.05, 4.69) is 22.8 Å². The van der Waals surface area contributed by atoms with Gasteiger partial charge in [0.05, 0.1) is 24.8 Å². The number of carbonyl (C=O) groups excluding carboxylic acids is 1. The number of aryl methyl sites for hydroxylation is 1. The Balaban J connectivity index is 1.73. The van der Waals surface area contributed by atoms with E-state index in [9.17, 15) is 13.2 Å². The SMILES string of the molecule is COc1cc(OC)c(-c2cc3ccccc3n2C)cc1C=CC(=O)c1ccc(S(N)(=O)=O)cc1. The summed E-state index contributed by atoms with van der Waals surface area (Å²) in [5, 5.41) is 6.22. The molecule has 1 aromatic heterocycles. The van der Waals surface area contributed by atoms with Crippen LogP contribution in [0.2, 0.25) is 0 Å². The second-order valence-corrected chi connectivity index (χ2v) is 9.27. The fraction of sp³-hybridized carbons (Fsp3) is 0.115. The van der Waals surface area contributed by atoms with Crippen LogP contribution in [0.5, 0.6) is 11.5 Å². The number of aromatic nitrogens is 1. The lowest BCUT2D eigenvalue weighted by Gasteiger charge is -2.14. The molecule has 4 rings (SSSR count). The second-order valence-electron chi connectivity index (χ2n) is 7.71. The summed E-state index contributed by atoms with van der Waals surface area (Å²) in [6, 6.07) is 19.4. The van der Waals surface area contributed by atoms with Crippen molar-refractivity contribution in [2.75, 3.05) is 14.2 Å². The van der Waals surface area contributed by atoms with E-state index in [0.717, 1.165) is 22.2 Å². The highest BCUT2D eigenvalue weighted by molar-refractivity contribution is 7.89. The van der Waals surface area contributed by atoms with Gasteiger partial charge in [-0.3, -0.25) is 4.79 Å². The molecule has 0 saturated carbocycles. The Morgan fingerprint density at radius 2 is 1.62 bits per heavy atom. The minimum absolute atomic E-state index is 0.0514. The molecule has 0 radical (unpaired) electrons. The van der Waals surface area contributed by atoms with E-state index in [1.807, 2.05) is 25.2 Å². The average Bonchev–Trinajstić information content (AvgIpc) is 3.17. The first-order valence-electron chi connectivity index (χ1n) is 10.4. The number of fused-ring (bicyclic) bond motifs is 1. The Hall–Kier alpha value is -3.88. The number of hydrogen-bond donors (Lipinski definition) is 1. The van der Waals surface area contributed by atoms with Gasteiger partial charge in [-0.15, -0.1) is 0 Å². The summed E-state index contributed by atoms with van der Waals surface area (Å²) in [6.45, 7) is 0. The van der Waals surface area contributed by atoms with Crippen molar-refractivity contribution in [3.05, 3.63) is 83.9 Å². The van der Waals surface area contributed by atoms with Crippen molar-refractivity contribution < 1.29 is 22.7 Å². The number of methoxy groups -OCH3 is 2. The van der Waals surface area contributed by atoms with E-state index in [1.165, 1.54) is 30.3 Å². The van der Waals surface area contributed by atoms with Crippen LogP contribution in [0.4, 0.5) is 0 Å². The van der Waals surface area contributed by atoms with E-state index in [-0.39, 0.29) is 10.7 Å². The average molecular weight is 477 g/mol. The second kappa shape index (κ2) is 9.17. The van der Waals surface area contributed by atoms with Gasteiger partial charge in [0.15, 0.2) is 5.78 Å². The Kier molecular flexibility index (Phi) is 6.28. The summed E-state index contributed by atoms with van der Waals surface area (Å²) in [4.78, 5) is 12.6. The molecule has 0 aliphatic heterocycles. The number of ether oxygens (including phenoxy) is 2. The molecule has 7 nitrogen and oxygen atoms in total. The molecule has 0 amide bonds. The van der Waals surface area contributed by atoms with Crippen molar-refractivity contribution in [1.29, 1.82) is 0 Å². The molecule has 0 aliphatic carbocycles. The Bertz CT molecular complexity index is 1520. The molecule has 174 valence electrons. The molecular weight excluding hydrogens is 452 g/mol. The highest BCUT2D eigenvalue weighted by atomic mass is 32.2. The molecule has 0 bridgehead atoms. The quantitative estimate of drug-likeness (QED) is 0.315. The van der Waals surface area contributed by atoms with Crippen LogP contribution < -0.4 is 14.6 Å². The van der Waals surface area contributed by atoms with Crippen molar-refractivity contribution in [1.82, 2.24) is 4.57 Å². The molecule has 2 N–H and O–H groups in total. The van der Waals surface area contributed by atoms with E-state index >= 15 is 0 Å². The predicted molar refractivity (Wildman–Crippen MR) is 133 cm³/mol. The number of hydrogen-bond acceptors (Lipinski definition) is 5. The largest absolute Gasteiger partial charge is 0.496 e. The number of para-hydroxylation sites is 1. The van der Waals surface area contributed by atoms with Gasteiger partial charge in [0.2, 0.25) is 10.0 Å². The lowest BCUT2D eigenvalue weighted by atomic mass is 10.0. The van der Waals surface area contributed by atoms with Crippen molar-refractivity contribution in [3.8, 4) is 22.8 Å². The molecule has 1 heterocycles. The van der Waals surface area contributed by atoms with Gasteiger partial charge < -0.3 is 14.0 Å². The summed E-state index contributed by atoms with van der Waals surface area (Å²) < 4.78 is 36.1. The summed E-state index contributed by atoms with van der Waals surface area (Å²) in [5.41, 5.74) is 3.93. The molecule has 4 aromatic rings. The van der Waals surface area contributed by atoms with Crippen LogP contribution >= 0.6 is 0 Å². The molecule has 0 aliphatic rings. The molecule has 0 saturated heterocycles. The van der Waals surface area contributed by atoms with Crippen molar-refractivity contribution in [3.63, 3.8) is 0 Å². The molecule has 3 aromatic carbocycles. The van der Waals surface area contributed by atoms with Gasteiger partial charge in [-0.1, -0.05) is 18.2 Å². The van der Waals surface area contributed by atoms with Gasteiger partial charge in [-0.05, 0) is 54.6 Å². The third-order valence-electron chi connectivity index (χ3n) is 5.66. The summed E-state index contributed by atoms with van der Waals surface area (Å²) in [7, 11) is 1.33. The van der Waals surface area contributed by atoms with Crippen LogP contribution in [0.1, 0.15) is 15.9 Å². The lowest BCUT2D eigenvalue weighted by Crippen LogP contribution is -2.12. The van der Waals surface area contributed by atoms with Crippen molar-refractivity contribution in [2.45, 2.75) is 4.90 Å². The first kappa shape index (κ1) is 23.3. The number of nitrogens with two attached hydrogens (primary N) is 1. The number of primary sulfonamides is 1. The van der Waals surface area contributed by atoms with Gasteiger partial charge in [0.25, 0.3) is 0 Å². The molecule has 0 spiro atoms. The number of ketones is 1. The number of carbonyl (C=O) groups is 1. The molecule has 8 heteroatoms. The summed E-state index contributed by atoms with van der Waals surface area (Å²) >= 11 is 0. The first-order chi connectivity index (χ1) is 16.2. The number of rotatable bonds is 7. The summed E-state index contributed by atoms with van der Waals surface area (Å²) in [5.74, 6) is 0.905. The van der Waals surface area contributed by atoms with Crippen LogP contribution in [-0.4, -0.2) is 33.0 Å². The molecular formula is C26H24N2O5S. The predicted octanol–water partition coefficient (Wildman–Crippen LogP) is 4.41. The zero-order chi connectivity index (χ0) is 24.5. The van der Waals surface area contributed by atoms with Gasteiger partial charge in [-0.25, -0.2) is 13.6 Å². The molecule has 0 atom stereocenters. The minimum atomic E-state index is -3.82. The third kappa shape index (κ3) is 4.46. The van der Waals surface area contributed by atoms with Crippen LogP contribution in [0.25, 0.3) is 28.2 Å². The zero-order valence-electron chi connectivity index (χ0n) is 19.0. The lowest BCUT2D eigenvalue weighted by molar-refractivity contribution is 0.104. The molecule has 0 unspecified atom stereocenters. The maximum absolute atomic E-state index is 12.7. The van der Waals surface area contributed by atoms with E-state index < -0.39 is 10.0 Å². The Morgan fingerprint density at radius 3 is 2.24 bits per heavy atom. The molecule has 34 heavy (non-hydrogen) atoms. The Labute approximate surface area is 198 Å². The van der Waals surface area contributed by atoms with Crippen LogP contribution in [-0.2, 0) is 17.1 Å². The maximum atomic E-state index is 12.7. The molecule has 0 fully saturated rings.